The number of nitrogens with zero attached hydrogens (tertiary/aromatic N) is 2. The van der Waals surface area contributed by atoms with Gasteiger partial charge in [-0.25, -0.2) is 9.78 Å². The molecule has 5 heteroatoms. The quantitative estimate of drug-likeness (QED) is 0.915. The number of carbonyl (C=O) groups excluding carboxylic acids is 1. The van der Waals surface area contributed by atoms with Crippen LogP contribution < -0.4 is 5.32 Å². The normalized spacial score (nSPS) is 22.0. The molecule has 0 radical (unpaired) electrons. The van der Waals surface area contributed by atoms with Crippen LogP contribution in [0, 0.1) is 0 Å². The van der Waals surface area contributed by atoms with Gasteiger partial charge in [-0.05, 0) is 52.2 Å². The van der Waals surface area contributed by atoms with Gasteiger partial charge in [0, 0.05) is 30.0 Å². The van der Waals surface area contributed by atoms with Crippen LogP contribution in [-0.4, -0.2) is 27.1 Å². The average Bonchev–Trinajstić information content (AvgIpc) is 2.89. The van der Waals surface area contributed by atoms with E-state index < -0.39 is 5.60 Å². The molecule has 3 rings (SSSR count). The number of pyridine rings is 1. The van der Waals surface area contributed by atoms with E-state index in [1.807, 2.05) is 45.2 Å². The summed E-state index contributed by atoms with van der Waals surface area (Å²) in [5, 5.41) is 3.02. The third kappa shape index (κ3) is 3.84. The predicted octanol–water partition coefficient (Wildman–Crippen LogP) is 3.89. The molecule has 124 valence electrons. The summed E-state index contributed by atoms with van der Waals surface area (Å²) in [6.07, 6.45) is 7.88. The predicted molar refractivity (Wildman–Crippen MR) is 89.6 cm³/mol. The first-order chi connectivity index (χ1) is 10.9. The lowest BCUT2D eigenvalue weighted by Gasteiger charge is -2.30. The first-order valence-corrected chi connectivity index (χ1v) is 8.34. The third-order valence-electron chi connectivity index (χ3n) is 4.26. The van der Waals surface area contributed by atoms with Crippen molar-refractivity contribution in [1.29, 1.82) is 0 Å². The van der Waals surface area contributed by atoms with E-state index in [9.17, 15) is 4.79 Å². The van der Waals surface area contributed by atoms with Crippen LogP contribution in [-0.2, 0) is 4.74 Å². The molecule has 0 spiro atoms. The van der Waals surface area contributed by atoms with Gasteiger partial charge >= 0.3 is 6.09 Å². The minimum atomic E-state index is -0.459. The summed E-state index contributed by atoms with van der Waals surface area (Å²) in [6.45, 7) is 5.65. The van der Waals surface area contributed by atoms with Crippen molar-refractivity contribution in [2.24, 2.45) is 0 Å². The van der Waals surface area contributed by atoms with Crippen LogP contribution in [0.5, 0.6) is 0 Å². The molecule has 1 aliphatic rings. The van der Waals surface area contributed by atoms with E-state index >= 15 is 0 Å². The summed E-state index contributed by atoms with van der Waals surface area (Å²) < 4.78 is 7.52. The number of imidazole rings is 1. The van der Waals surface area contributed by atoms with Crippen molar-refractivity contribution in [3.05, 3.63) is 36.3 Å². The summed E-state index contributed by atoms with van der Waals surface area (Å²) in [6, 6.07) is 6.21. The standard InChI is InChI=1S/C18H25N3O2/c1-18(2,3)23-17(22)20-14-8-6-7-13(11-14)15-12-19-16-9-4-5-10-21(15)16/h4-5,9-10,12-14H,6-8,11H2,1-3H3,(H,20,22)/t13-,14-/m0/s1. The van der Waals surface area contributed by atoms with Gasteiger partial charge in [-0.3, -0.25) is 0 Å². The molecule has 0 saturated heterocycles. The highest BCUT2D eigenvalue weighted by molar-refractivity contribution is 5.68. The number of nitrogens with one attached hydrogen (secondary N) is 1. The number of fused-ring (bicyclic) bond motifs is 1. The number of hydrogen-bond acceptors (Lipinski definition) is 3. The highest BCUT2D eigenvalue weighted by Gasteiger charge is 2.27. The fourth-order valence-corrected chi connectivity index (χ4v) is 3.32. The number of hydrogen-bond donors (Lipinski definition) is 1. The fraction of sp³-hybridized carbons (Fsp3) is 0.556. The van der Waals surface area contributed by atoms with Crippen molar-refractivity contribution < 1.29 is 9.53 Å². The highest BCUT2D eigenvalue weighted by Crippen LogP contribution is 2.33. The highest BCUT2D eigenvalue weighted by atomic mass is 16.6. The van der Waals surface area contributed by atoms with E-state index in [1.54, 1.807) is 0 Å². The maximum atomic E-state index is 12.0. The summed E-state index contributed by atoms with van der Waals surface area (Å²) in [5.41, 5.74) is 1.75. The molecule has 0 aromatic carbocycles. The Labute approximate surface area is 137 Å². The van der Waals surface area contributed by atoms with Crippen molar-refractivity contribution >= 4 is 11.7 Å². The second-order valence-electron chi connectivity index (χ2n) is 7.32. The number of aromatic nitrogens is 2. The zero-order valence-electron chi connectivity index (χ0n) is 14.1. The Morgan fingerprint density at radius 3 is 2.96 bits per heavy atom. The summed E-state index contributed by atoms with van der Waals surface area (Å²) in [7, 11) is 0. The van der Waals surface area contributed by atoms with Gasteiger partial charge in [0.2, 0.25) is 0 Å². The Morgan fingerprint density at radius 2 is 2.17 bits per heavy atom. The van der Waals surface area contributed by atoms with Gasteiger partial charge in [0.1, 0.15) is 11.2 Å². The Kier molecular flexibility index (Phi) is 4.28. The minimum absolute atomic E-state index is 0.165. The molecule has 0 aliphatic heterocycles. The first kappa shape index (κ1) is 15.8. The lowest BCUT2D eigenvalue weighted by molar-refractivity contribution is 0.0490. The molecule has 2 heterocycles. The molecule has 5 nitrogen and oxygen atoms in total. The van der Waals surface area contributed by atoms with Crippen molar-refractivity contribution in [3.8, 4) is 0 Å². The third-order valence-corrected chi connectivity index (χ3v) is 4.26. The Morgan fingerprint density at radius 1 is 1.35 bits per heavy atom. The first-order valence-electron chi connectivity index (χ1n) is 8.34. The van der Waals surface area contributed by atoms with Crippen LogP contribution >= 0.6 is 0 Å². The van der Waals surface area contributed by atoms with Gasteiger partial charge in [0.25, 0.3) is 0 Å². The summed E-state index contributed by atoms with van der Waals surface area (Å²) in [4.78, 5) is 16.5. The molecular formula is C18H25N3O2. The summed E-state index contributed by atoms with van der Waals surface area (Å²) in [5.74, 6) is 0.418. The maximum absolute atomic E-state index is 12.0. The molecule has 1 N–H and O–H groups in total. The van der Waals surface area contributed by atoms with Crippen LogP contribution in [0.2, 0.25) is 0 Å². The molecule has 0 unspecified atom stereocenters. The van der Waals surface area contributed by atoms with Crippen molar-refractivity contribution in [2.75, 3.05) is 0 Å². The van der Waals surface area contributed by atoms with Gasteiger partial charge in [-0.15, -0.1) is 0 Å². The largest absolute Gasteiger partial charge is 0.444 e. The SMILES string of the molecule is CC(C)(C)OC(=O)N[C@H]1CCC[C@H](c2cnc3ccccn23)C1. The van der Waals surface area contributed by atoms with E-state index in [0.717, 1.165) is 31.3 Å². The van der Waals surface area contributed by atoms with Crippen LogP contribution in [0.25, 0.3) is 5.65 Å². The minimum Gasteiger partial charge on any atom is -0.444 e. The second-order valence-corrected chi connectivity index (χ2v) is 7.32. The molecule has 1 saturated carbocycles. The van der Waals surface area contributed by atoms with Crippen LogP contribution in [0.15, 0.2) is 30.6 Å². The number of alkyl carbamates (subject to hydrolysis) is 1. The lowest BCUT2D eigenvalue weighted by Crippen LogP contribution is -2.41. The molecular weight excluding hydrogens is 290 g/mol. The van der Waals surface area contributed by atoms with Crippen molar-refractivity contribution in [1.82, 2.24) is 14.7 Å². The lowest BCUT2D eigenvalue weighted by atomic mass is 9.84. The maximum Gasteiger partial charge on any atom is 0.407 e. The van der Waals surface area contributed by atoms with E-state index in [2.05, 4.69) is 20.9 Å². The van der Waals surface area contributed by atoms with Gasteiger partial charge in [-0.2, -0.15) is 0 Å². The van der Waals surface area contributed by atoms with E-state index in [4.69, 9.17) is 4.74 Å². The van der Waals surface area contributed by atoms with E-state index in [-0.39, 0.29) is 12.1 Å². The Hall–Kier alpha value is -2.04. The average molecular weight is 315 g/mol. The number of ether oxygens (including phenoxy) is 1. The zero-order valence-corrected chi connectivity index (χ0v) is 14.1. The van der Waals surface area contributed by atoms with Gasteiger partial charge < -0.3 is 14.5 Å². The van der Waals surface area contributed by atoms with Gasteiger partial charge in [0.15, 0.2) is 0 Å². The van der Waals surface area contributed by atoms with Crippen LogP contribution in [0.4, 0.5) is 4.79 Å². The smallest absolute Gasteiger partial charge is 0.407 e. The molecule has 2 aromatic rings. The molecule has 1 fully saturated rings. The Bertz CT molecular complexity index is 687. The van der Waals surface area contributed by atoms with Crippen molar-refractivity contribution in [3.63, 3.8) is 0 Å². The van der Waals surface area contributed by atoms with Crippen LogP contribution in [0.1, 0.15) is 58.1 Å². The molecule has 2 atom stereocenters. The monoisotopic (exact) mass is 315 g/mol. The van der Waals surface area contributed by atoms with Crippen molar-refractivity contribution in [2.45, 2.75) is 64.0 Å². The zero-order chi connectivity index (χ0) is 16.4. The number of carbonyl (C=O) groups is 1. The topological polar surface area (TPSA) is 55.6 Å². The molecule has 23 heavy (non-hydrogen) atoms. The van der Waals surface area contributed by atoms with E-state index in [0.29, 0.717) is 5.92 Å². The van der Waals surface area contributed by atoms with E-state index in [1.165, 1.54) is 5.69 Å². The van der Waals surface area contributed by atoms with Gasteiger partial charge in [-0.1, -0.05) is 12.5 Å². The van der Waals surface area contributed by atoms with Gasteiger partial charge in [0.05, 0.1) is 0 Å². The fourth-order valence-electron chi connectivity index (χ4n) is 3.32. The molecule has 0 bridgehead atoms. The Balaban J connectivity index is 1.68. The molecule has 1 aliphatic carbocycles. The van der Waals surface area contributed by atoms with Crippen LogP contribution in [0.3, 0.4) is 0 Å². The molecule has 2 aromatic heterocycles. The molecule has 1 amide bonds. The number of rotatable bonds is 2. The number of amides is 1. The second kappa shape index (κ2) is 6.22. The summed E-state index contributed by atoms with van der Waals surface area (Å²) >= 11 is 0.